The average Bonchev–Trinajstić information content (AvgIpc) is 2.92. The number of nitrogens with zero attached hydrogens (tertiary/aromatic N) is 3. The molecule has 1 fully saturated rings. The van der Waals surface area contributed by atoms with Crippen molar-refractivity contribution >= 4 is 38.2 Å². The molecule has 1 amide bonds. The van der Waals surface area contributed by atoms with Crippen molar-refractivity contribution in [3.05, 3.63) is 101 Å². The molecule has 9 heteroatoms. The molecule has 1 saturated heterocycles. The maximum absolute atomic E-state index is 13.3. The zero-order chi connectivity index (χ0) is 26.7. The van der Waals surface area contributed by atoms with Gasteiger partial charge in [0, 0.05) is 49.3 Å². The molecular formula is C29H28ClN3O4S. The first kappa shape index (κ1) is 26.2. The molecule has 0 aliphatic carbocycles. The summed E-state index contributed by atoms with van der Waals surface area (Å²) >= 11 is 6.11. The third-order valence-electron chi connectivity index (χ3n) is 6.74. The molecule has 1 aliphatic rings. The van der Waals surface area contributed by atoms with Crippen LogP contribution >= 0.6 is 11.6 Å². The first-order valence-electron chi connectivity index (χ1n) is 12.3. The summed E-state index contributed by atoms with van der Waals surface area (Å²) in [5.74, 6) is 0.00686. The number of methoxy groups -OCH3 is 1. The SMILES string of the molecule is COc1cc(CS(=O)(=O)c2cccc3cccnc23)ccc1C(=O)N1CCN(Cc2cccc(Cl)c2)CC1. The van der Waals surface area contributed by atoms with Gasteiger partial charge < -0.3 is 9.64 Å². The molecule has 5 rings (SSSR count). The molecule has 0 saturated carbocycles. The molecule has 1 aliphatic heterocycles. The van der Waals surface area contributed by atoms with E-state index in [9.17, 15) is 13.2 Å². The smallest absolute Gasteiger partial charge is 0.257 e. The van der Waals surface area contributed by atoms with Gasteiger partial charge in [-0.25, -0.2) is 8.42 Å². The van der Waals surface area contributed by atoms with E-state index < -0.39 is 9.84 Å². The molecule has 0 bridgehead atoms. The lowest BCUT2D eigenvalue weighted by Crippen LogP contribution is -2.48. The van der Waals surface area contributed by atoms with Gasteiger partial charge in [0.15, 0.2) is 9.84 Å². The van der Waals surface area contributed by atoms with Crippen molar-refractivity contribution in [3.8, 4) is 5.75 Å². The Morgan fingerprint density at radius 3 is 2.47 bits per heavy atom. The van der Waals surface area contributed by atoms with Crippen LogP contribution in [0.4, 0.5) is 0 Å². The van der Waals surface area contributed by atoms with Crippen molar-refractivity contribution in [2.45, 2.75) is 17.2 Å². The predicted molar refractivity (Wildman–Crippen MR) is 148 cm³/mol. The quantitative estimate of drug-likeness (QED) is 0.328. The fourth-order valence-corrected chi connectivity index (χ4v) is 6.54. The van der Waals surface area contributed by atoms with Crippen molar-refractivity contribution in [1.29, 1.82) is 0 Å². The second-order valence-electron chi connectivity index (χ2n) is 9.32. The summed E-state index contributed by atoms with van der Waals surface area (Å²) in [5.41, 5.74) is 2.55. The molecule has 0 spiro atoms. The van der Waals surface area contributed by atoms with Crippen LogP contribution < -0.4 is 4.74 Å². The molecule has 0 atom stereocenters. The molecule has 3 aromatic carbocycles. The van der Waals surface area contributed by atoms with Gasteiger partial charge >= 0.3 is 0 Å². The number of carbonyl (C=O) groups is 1. The number of halogens is 1. The fraction of sp³-hybridized carbons (Fsp3) is 0.241. The molecule has 2 heterocycles. The number of amides is 1. The number of ether oxygens (including phenoxy) is 1. The number of pyridine rings is 1. The molecule has 7 nitrogen and oxygen atoms in total. The molecule has 0 radical (unpaired) electrons. The minimum absolute atomic E-state index is 0.128. The number of piperazine rings is 1. The van der Waals surface area contributed by atoms with Crippen LogP contribution in [0.3, 0.4) is 0 Å². The van der Waals surface area contributed by atoms with E-state index in [0.29, 0.717) is 40.5 Å². The Balaban J connectivity index is 1.28. The Bertz CT molecular complexity index is 1580. The summed E-state index contributed by atoms with van der Waals surface area (Å²) in [6, 6.07) is 21.5. The number of hydrogen-bond acceptors (Lipinski definition) is 6. The van der Waals surface area contributed by atoms with Gasteiger partial charge in [0.05, 0.1) is 28.8 Å². The van der Waals surface area contributed by atoms with Crippen LogP contribution in [0.15, 0.2) is 83.9 Å². The van der Waals surface area contributed by atoms with Crippen LogP contribution in [-0.2, 0) is 22.1 Å². The van der Waals surface area contributed by atoms with Crippen molar-refractivity contribution in [2.75, 3.05) is 33.3 Å². The maximum Gasteiger partial charge on any atom is 0.257 e. The number of fused-ring (bicyclic) bond motifs is 1. The van der Waals surface area contributed by atoms with Crippen LogP contribution in [0.2, 0.25) is 5.02 Å². The lowest BCUT2D eigenvalue weighted by Gasteiger charge is -2.35. The second-order valence-corrected chi connectivity index (χ2v) is 11.7. The van der Waals surface area contributed by atoms with E-state index in [1.54, 1.807) is 42.6 Å². The van der Waals surface area contributed by atoms with Crippen LogP contribution in [-0.4, -0.2) is 62.4 Å². The van der Waals surface area contributed by atoms with Gasteiger partial charge in [-0.15, -0.1) is 0 Å². The van der Waals surface area contributed by atoms with E-state index in [2.05, 4.69) is 9.88 Å². The van der Waals surface area contributed by atoms with Crippen LogP contribution in [0, 0.1) is 0 Å². The van der Waals surface area contributed by atoms with Gasteiger partial charge in [0.2, 0.25) is 0 Å². The summed E-state index contributed by atoms with van der Waals surface area (Å²) in [7, 11) is -2.19. The van der Waals surface area contributed by atoms with Gasteiger partial charge in [-0.2, -0.15) is 0 Å². The number of benzene rings is 3. The van der Waals surface area contributed by atoms with Gasteiger partial charge in [-0.1, -0.05) is 48.0 Å². The molecule has 4 aromatic rings. The number of carbonyl (C=O) groups excluding carboxylic acids is 1. The largest absolute Gasteiger partial charge is 0.496 e. The number of aromatic nitrogens is 1. The molecule has 38 heavy (non-hydrogen) atoms. The molecule has 1 aromatic heterocycles. The summed E-state index contributed by atoms with van der Waals surface area (Å²) in [6.45, 7) is 3.45. The number of rotatable bonds is 7. The van der Waals surface area contributed by atoms with Crippen molar-refractivity contribution in [1.82, 2.24) is 14.8 Å². The van der Waals surface area contributed by atoms with E-state index in [1.165, 1.54) is 7.11 Å². The Kier molecular flexibility index (Phi) is 7.65. The number of sulfone groups is 1. The standard InChI is InChI=1S/C29H28ClN3O4S/c1-37-26-18-22(20-38(35,36)27-9-3-6-23-7-4-12-31-28(23)27)10-11-25(26)29(34)33-15-13-32(14-16-33)19-21-5-2-8-24(30)17-21/h2-12,17-18H,13-16,19-20H2,1H3. The predicted octanol–water partition coefficient (Wildman–Crippen LogP) is 4.83. The van der Waals surface area contributed by atoms with Gasteiger partial charge in [0.1, 0.15) is 5.75 Å². The van der Waals surface area contributed by atoms with Crippen LogP contribution in [0.5, 0.6) is 5.75 Å². The molecular weight excluding hydrogens is 522 g/mol. The number of hydrogen-bond donors (Lipinski definition) is 0. The third-order valence-corrected chi connectivity index (χ3v) is 8.69. The molecule has 0 unspecified atom stereocenters. The second kappa shape index (κ2) is 11.1. The zero-order valence-electron chi connectivity index (χ0n) is 21.0. The van der Waals surface area contributed by atoms with E-state index in [4.69, 9.17) is 16.3 Å². The van der Waals surface area contributed by atoms with E-state index in [0.717, 1.165) is 30.6 Å². The summed E-state index contributed by atoms with van der Waals surface area (Å²) in [5, 5.41) is 1.48. The monoisotopic (exact) mass is 549 g/mol. The minimum atomic E-state index is -3.68. The Labute approximate surface area is 227 Å². The highest BCUT2D eigenvalue weighted by molar-refractivity contribution is 7.90. The topological polar surface area (TPSA) is 79.8 Å². The molecule has 196 valence electrons. The summed E-state index contributed by atoms with van der Waals surface area (Å²) in [4.78, 5) is 21.9. The van der Waals surface area contributed by atoms with Crippen molar-refractivity contribution in [2.24, 2.45) is 0 Å². The first-order valence-corrected chi connectivity index (χ1v) is 14.4. The molecule has 0 N–H and O–H groups in total. The first-order chi connectivity index (χ1) is 18.3. The Morgan fingerprint density at radius 1 is 0.947 bits per heavy atom. The maximum atomic E-state index is 13.3. The van der Waals surface area contributed by atoms with Crippen molar-refractivity contribution in [3.63, 3.8) is 0 Å². The van der Waals surface area contributed by atoms with Gasteiger partial charge in [-0.05, 0) is 47.5 Å². The van der Waals surface area contributed by atoms with E-state index in [-0.39, 0.29) is 16.6 Å². The van der Waals surface area contributed by atoms with E-state index >= 15 is 0 Å². The van der Waals surface area contributed by atoms with Gasteiger partial charge in [0.25, 0.3) is 5.91 Å². The summed E-state index contributed by atoms with van der Waals surface area (Å²) in [6.07, 6.45) is 1.59. The normalized spacial score (nSPS) is 14.5. The lowest BCUT2D eigenvalue weighted by molar-refractivity contribution is 0.0625. The Morgan fingerprint density at radius 2 is 1.71 bits per heavy atom. The highest BCUT2D eigenvalue weighted by Gasteiger charge is 2.26. The fourth-order valence-electron chi connectivity index (χ4n) is 4.80. The lowest BCUT2D eigenvalue weighted by atomic mass is 10.1. The van der Waals surface area contributed by atoms with E-state index in [1.807, 2.05) is 41.3 Å². The Hall–Kier alpha value is -3.46. The zero-order valence-corrected chi connectivity index (χ0v) is 22.6. The van der Waals surface area contributed by atoms with Gasteiger partial charge in [-0.3, -0.25) is 14.7 Å². The van der Waals surface area contributed by atoms with Crippen molar-refractivity contribution < 1.29 is 17.9 Å². The minimum Gasteiger partial charge on any atom is -0.496 e. The highest BCUT2D eigenvalue weighted by Crippen LogP contribution is 2.28. The third kappa shape index (κ3) is 5.67. The van der Waals surface area contributed by atoms with Crippen LogP contribution in [0.1, 0.15) is 21.5 Å². The average molecular weight is 550 g/mol. The summed E-state index contributed by atoms with van der Waals surface area (Å²) < 4.78 is 32.1. The number of para-hydroxylation sites is 1. The highest BCUT2D eigenvalue weighted by atomic mass is 35.5. The van der Waals surface area contributed by atoms with Crippen LogP contribution in [0.25, 0.3) is 10.9 Å².